The third-order valence-corrected chi connectivity index (χ3v) is 5.17. The first-order valence-corrected chi connectivity index (χ1v) is 10.3. The molecule has 1 unspecified atom stereocenters. The van der Waals surface area contributed by atoms with Gasteiger partial charge in [-0.1, -0.05) is 12.1 Å². The normalized spacial score (nSPS) is 12.6. The number of hydrogen-bond acceptors (Lipinski definition) is 6. The molecule has 32 heavy (non-hydrogen) atoms. The number of rotatable bonds is 8. The van der Waals surface area contributed by atoms with E-state index in [1.54, 1.807) is 30.8 Å². The van der Waals surface area contributed by atoms with Crippen LogP contribution in [0.1, 0.15) is 42.3 Å². The molecule has 0 fully saturated rings. The third kappa shape index (κ3) is 5.42. The van der Waals surface area contributed by atoms with Crippen LogP contribution in [0.5, 0.6) is 11.5 Å². The summed E-state index contributed by atoms with van der Waals surface area (Å²) in [6.07, 6.45) is 3.19. The standard InChI is InChI=1S/C23H29N5O4/c1-14-6-7-15(2)21(16(14)3)32-18-11-20(29)28(25-12-18)19(22(24)30)10-17-8-9-27(26-17)13-23(4,5)31/h6-9,11-12,19,31H,10,13H2,1-5H3,(H2,24,30). The van der Waals surface area contributed by atoms with Crippen molar-refractivity contribution < 1.29 is 14.6 Å². The van der Waals surface area contributed by atoms with E-state index in [0.29, 0.717) is 11.4 Å². The van der Waals surface area contributed by atoms with E-state index >= 15 is 0 Å². The van der Waals surface area contributed by atoms with Gasteiger partial charge in [-0.15, -0.1) is 0 Å². The number of carbonyl (C=O) groups is 1. The van der Waals surface area contributed by atoms with Gasteiger partial charge in [-0.05, 0) is 57.4 Å². The van der Waals surface area contributed by atoms with Crippen LogP contribution in [0.15, 0.2) is 41.5 Å². The van der Waals surface area contributed by atoms with E-state index in [1.165, 1.54) is 12.3 Å². The maximum absolute atomic E-state index is 12.7. The van der Waals surface area contributed by atoms with Gasteiger partial charge in [-0.2, -0.15) is 10.2 Å². The quantitative estimate of drug-likeness (QED) is 0.554. The Hall–Kier alpha value is -3.46. The summed E-state index contributed by atoms with van der Waals surface area (Å²) < 4.78 is 8.55. The van der Waals surface area contributed by atoms with Crippen LogP contribution >= 0.6 is 0 Å². The van der Waals surface area contributed by atoms with Crippen molar-refractivity contribution in [1.82, 2.24) is 19.6 Å². The maximum Gasteiger partial charge on any atom is 0.271 e. The number of aromatic nitrogens is 4. The van der Waals surface area contributed by atoms with Crippen LogP contribution in [-0.2, 0) is 17.8 Å². The number of ether oxygens (including phenoxy) is 1. The smallest absolute Gasteiger partial charge is 0.271 e. The summed E-state index contributed by atoms with van der Waals surface area (Å²) in [5, 5.41) is 18.4. The van der Waals surface area contributed by atoms with Crippen LogP contribution in [-0.4, -0.2) is 36.2 Å². The first-order chi connectivity index (χ1) is 14.9. The second-order valence-corrected chi connectivity index (χ2v) is 8.67. The van der Waals surface area contributed by atoms with Crippen LogP contribution < -0.4 is 16.0 Å². The molecule has 1 atom stereocenters. The summed E-state index contributed by atoms with van der Waals surface area (Å²) in [6.45, 7) is 9.50. The number of benzene rings is 1. The van der Waals surface area contributed by atoms with Crippen molar-refractivity contribution in [2.45, 2.75) is 59.2 Å². The van der Waals surface area contributed by atoms with E-state index in [9.17, 15) is 14.7 Å². The lowest BCUT2D eigenvalue weighted by Crippen LogP contribution is -2.36. The fourth-order valence-electron chi connectivity index (χ4n) is 3.39. The van der Waals surface area contributed by atoms with E-state index in [1.807, 2.05) is 32.9 Å². The molecule has 1 amide bonds. The second kappa shape index (κ2) is 8.96. The molecule has 0 spiro atoms. The van der Waals surface area contributed by atoms with Crippen molar-refractivity contribution in [3.63, 3.8) is 0 Å². The molecule has 0 saturated carbocycles. The van der Waals surface area contributed by atoms with Crippen LogP contribution in [0, 0.1) is 20.8 Å². The van der Waals surface area contributed by atoms with Gasteiger partial charge in [0.1, 0.15) is 11.8 Å². The van der Waals surface area contributed by atoms with Crippen LogP contribution in [0.25, 0.3) is 0 Å². The Kier molecular flexibility index (Phi) is 6.50. The molecule has 3 N–H and O–H groups in total. The number of carbonyl (C=O) groups excluding carboxylic acids is 1. The van der Waals surface area contributed by atoms with E-state index in [-0.39, 0.29) is 18.7 Å². The Morgan fingerprint density at radius 2 is 1.91 bits per heavy atom. The molecule has 1 aromatic carbocycles. The first kappa shape index (κ1) is 23.2. The zero-order valence-corrected chi connectivity index (χ0v) is 19.0. The maximum atomic E-state index is 12.7. The Labute approximate surface area is 186 Å². The van der Waals surface area contributed by atoms with Gasteiger partial charge in [0.2, 0.25) is 5.91 Å². The summed E-state index contributed by atoms with van der Waals surface area (Å²) >= 11 is 0. The summed E-state index contributed by atoms with van der Waals surface area (Å²) in [7, 11) is 0. The van der Waals surface area contributed by atoms with E-state index in [4.69, 9.17) is 10.5 Å². The van der Waals surface area contributed by atoms with Crippen molar-refractivity contribution in [3.8, 4) is 11.5 Å². The molecule has 170 valence electrons. The molecule has 0 aliphatic carbocycles. The lowest BCUT2D eigenvalue weighted by atomic mass is 10.1. The minimum atomic E-state index is -1.01. The molecule has 3 aromatic rings. The van der Waals surface area contributed by atoms with Gasteiger partial charge in [-0.3, -0.25) is 14.3 Å². The Morgan fingerprint density at radius 1 is 1.22 bits per heavy atom. The van der Waals surface area contributed by atoms with Crippen LogP contribution in [0.4, 0.5) is 0 Å². The largest absolute Gasteiger partial charge is 0.455 e. The predicted octanol–water partition coefficient (Wildman–Crippen LogP) is 2.20. The molecular formula is C23H29N5O4. The van der Waals surface area contributed by atoms with E-state index in [2.05, 4.69) is 10.2 Å². The van der Waals surface area contributed by atoms with Crippen molar-refractivity contribution in [2.24, 2.45) is 5.73 Å². The average molecular weight is 440 g/mol. The number of nitrogens with two attached hydrogens (primary N) is 1. The molecular weight excluding hydrogens is 410 g/mol. The van der Waals surface area contributed by atoms with Crippen molar-refractivity contribution in [2.75, 3.05) is 0 Å². The highest BCUT2D eigenvalue weighted by atomic mass is 16.5. The summed E-state index contributed by atoms with van der Waals surface area (Å²) in [6, 6.07) is 5.95. The van der Waals surface area contributed by atoms with Gasteiger partial charge >= 0.3 is 0 Å². The van der Waals surface area contributed by atoms with Crippen molar-refractivity contribution in [1.29, 1.82) is 0 Å². The fourth-order valence-corrected chi connectivity index (χ4v) is 3.39. The molecule has 0 aliphatic rings. The lowest BCUT2D eigenvalue weighted by molar-refractivity contribution is -0.121. The molecule has 2 heterocycles. The Balaban J connectivity index is 1.84. The van der Waals surface area contributed by atoms with E-state index < -0.39 is 23.1 Å². The van der Waals surface area contributed by atoms with Crippen molar-refractivity contribution >= 4 is 5.91 Å². The minimum absolute atomic E-state index is 0.0946. The second-order valence-electron chi connectivity index (χ2n) is 8.67. The third-order valence-electron chi connectivity index (χ3n) is 5.17. The first-order valence-electron chi connectivity index (χ1n) is 10.3. The molecule has 0 aliphatic heterocycles. The van der Waals surface area contributed by atoms with E-state index in [0.717, 1.165) is 21.4 Å². The van der Waals surface area contributed by atoms with Gasteiger partial charge in [0.25, 0.3) is 5.56 Å². The zero-order valence-electron chi connectivity index (χ0n) is 19.0. The summed E-state index contributed by atoms with van der Waals surface area (Å²) in [5.41, 5.74) is 7.67. The number of hydrogen-bond donors (Lipinski definition) is 2. The van der Waals surface area contributed by atoms with Gasteiger partial charge in [0, 0.05) is 18.7 Å². The molecule has 0 saturated heterocycles. The zero-order chi connectivity index (χ0) is 23.6. The highest BCUT2D eigenvalue weighted by Gasteiger charge is 2.23. The van der Waals surface area contributed by atoms with Crippen molar-refractivity contribution in [3.05, 3.63) is 69.4 Å². The highest BCUT2D eigenvalue weighted by molar-refractivity contribution is 5.78. The van der Waals surface area contributed by atoms with Gasteiger partial charge < -0.3 is 15.6 Å². The molecule has 3 rings (SSSR count). The minimum Gasteiger partial charge on any atom is -0.455 e. The Bertz CT molecular complexity index is 1190. The summed E-state index contributed by atoms with van der Waals surface area (Å²) in [5.74, 6) is 0.254. The van der Waals surface area contributed by atoms with Gasteiger partial charge in [-0.25, -0.2) is 4.68 Å². The van der Waals surface area contributed by atoms with Gasteiger partial charge in [0.05, 0.1) is 24.0 Å². The highest BCUT2D eigenvalue weighted by Crippen LogP contribution is 2.29. The lowest BCUT2D eigenvalue weighted by Gasteiger charge is -2.17. The van der Waals surface area contributed by atoms with Crippen LogP contribution in [0.2, 0.25) is 0 Å². The summed E-state index contributed by atoms with van der Waals surface area (Å²) in [4.78, 5) is 24.9. The number of nitrogens with zero attached hydrogens (tertiary/aromatic N) is 4. The molecule has 0 bridgehead atoms. The van der Waals surface area contributed by atoms with Gasteiger partial charge in [0.15, 0.2) is 5.75 Å². The molecule has 9 heteroatoms. The monoisotopic (exact) mass is 439 g/mol. The number of amides is 1. The number of primary amides is 1. The number of aliphatic hydroxyl groups is 1. The predicted molar refractivity (Wildman–Crippen MR) is 120 cm³/mol. The SMILES string of the molecule is Cc1ccc(C)c(Oc2cnn(C(Cc3ccn(CC(C)(C)O)n3)C(N)=O)c(=O)c2)c1C. The van der Waals surface area contributed by atoms with Crippen LogP contribution in [0.3, 0.4) is 0 Å². The Morgan fingerprint density at radius 3 is 2.53 bits per heavy atom. The average Bonchev–Trinajstić information content (AvgIpc) is 3.12. The molecule has 0 radical (unpaired) electrons. The number of aryl methyl sites for hydroxylation is 2. The molecule has 9 nitrogen and oxygen atoms in total. The topological polar surface area (TPSA) is 125 Å². The molecule has 2 aromatic heterocycles. The fraction of sp³-hybridized carbons (Fsp3) is 0.391.